The molecule has 4 rings (SSSR count). The van der Waals surface area contributed by atoms with Crippen molar-refractivity contribution in [1.82, 2.24) is 9.47 Å². The van der Waals surface area contributed by atoms with Gasteiger partial charge in [0.25, 0.3) is 0 Å². The molecule has 27 heavy (non-hydrogen) atoms. The Morgan fingerprint density at radius 3 is 2.70 bits per heavy atom. The van der Waals surface area contributed by atoms with Crippen LogP contribution >= 0.6 is 0 Å². The predicted molar refractivity (Wildman–Crippen MR) is 107 cm³/mol. The van der Waals surface area contributed by atoms with Crippen molar-refractivity contribution in [2.24, 2.45) is 7.05 Å². The van der Waals surface area contributed by atoms with Crippen LogP contribution in [0, 0.1) is 0 Å². The van der Waals surface area contributed by atoms with Gasteiger partial charge in [-0.05, 0) is 42.0 Å². The first-order valence-electron chi connectivity index (χ1n) is 9.40. The summed E-state index contributed by atoms with van der Waals surface area (Å²) in [5.74, 6) is 0. The van der Waals surface area contributed by atoms with Crippen molar-refractivity contribution in [3.8, 4) is 0 Å². The summed E-state index contributed by atoms with van der Waals surface area (Å²) in [4.78, 5) is 14.2. The highest BCUT2D eigenvalue weighted by Crippen LogP contribution is 2.26. The standard InChI is InChI=1S/C23H24N2O2/c1-24-16-20(21-11-5-6-12-22(21)24)14-19-10-7-13-25(15-19)23(26)27-17-18-8-3-2-4-9-18/h2-6,8-9,11-12,15-16H,7,10,13-14,17H2,1H3. The number of ether oxygens (including phenoxy) is 1. The van der Waals surface area contributed by atoms with Crippen LogP contribution in [0.2, 0.25) is 0 Å². The molecule has 1 aromatic heterocycles. The number of amides is 1. The molecule has 0 aliphatic carbocycles. The highest BCUT2D eigenvalue weighted by atomic mass is 16.6. The first kappa shape index (κ1) is 17.4. The molecule has 0 N–H and O–H groups in total. The van der Waals surface area contributed by atoms with Crippen LogP contribution in [0.5, 0.6) is 0 Å². The molecule has 0 radical (unpaired) electrons. The van der Waals surface area contributed by atoms with Crippen molar-refractivity contribution >= 4 is 17.0 Å². The number of benzene rings is 2. The Morgan fingerprint density at radius 1 is 1.07 bits per heavy atom. The maximum atomic E-state index is 12.4. The minimum absolute atomic E-state index is 0.269. The van der Waals surface area contributed by atoms with Gasteiger partial charge in [-0.2, -0.15) is 0 Å². The van der Waals surface area contributed by atoms with Crippen LogP contribution in [0.4, 0.5) is 4.79 Å². The summed E-state index contributed by atoms with van der Waals surface area (Å²) in [6, 6.07) is 18.2. The summed E-state index contributed by atoms with van der Waals surface area (Å²) >= 11 is 0. The van der Waals surface area contributed by atoms with E-state index in [1.54, 1.807) is 4.90 Å². The minimum Gasteiger partial charge on any atom is -0.444 e. The highest BCUT2D eigenvalue weighted by Gasteiger charge is 2.19. The van der Waals surface area contributed by atoms with Crippen LogP contribution in [-0.4, -0.2) is 22.1 Å². The normalized spacial score (nSPS) is 14.3. The summed E-state index contributed by atoms with van der Waals surface area (Å²) in [7, 11) is 2.08. The molecule has 1 amide bonds. The number of allylic oxidation sites excluding steroid dienone is 1. The van der Waals surface area contributed by atoms with Crippen molar-refractivity contribution < 1.29 is 9.53 Å². The van der Waals surface area contributed by atoms with E-state index in [2.05, 4.69) is 42.1 Å². The van der Waals surface area contributed by atoms with E-state index in [0.717, 1.165) is 24.8 Å². The van der Waals surface area contributed by atoms with Gasteiger partial charge in [-0.1, -0.05) is 48.5 Å². The molecule has 1 aliphatic heterocycles. The van der Waals surface area contributed by atoms with Gasteiger partial charge in [0.1, 0.15) is 6.61 Å². The number of carbonyl (C=O) groups is 1. The van der Waals surface area contributed by atoms with Gasteiger partial charge in [-0.3, -0.25) is 4.90 Å². The lowest BCUT2D eigenvalue weighted by atomic mass is 9.99. The lowest BCUT2D eigenvalue weighted by molar-refractivity contribution is 0.108. The largest absolute Gasteiger partial charge is 0.444 e. The molecule has 2 heterocycles. The van der Waals surface area contributed by atoms with Crippen molar-refractivity contribution in [1.29, 1.82) is 0 Å². The van der Waals surface area contributed by atoms with Crippen molar-refractivity contribution in [3.05, 3.63) is 83.7 Å². The Bertz CT molecular complexity index is 972. The first-order valence-corrected chi connectivity index (χ1v) is 9.40. The molecule has 3 aromatic rings. The van der Waals surface area contributed by atoms with Gasteiger partial charge in [0.05, 0.1) is 0 Å². The summed E-state index contributed by atoms with van der Waals surface area (Å²) in [5, 5.41) is 1.28. The number of nitrogens with zero attached hydrogens (tertiary/aromatic N) is 2. The zero-order chi connectivity index (χ0) is 18.6. The average Bonchev–Trinajstić information content (AvgIpc) is 3.03. The third-order valence-electron chi connectivity index (χ3n) is 5.07. The number of hydrogen-bond acceptors (Lipinski definition) is 2. The average molecular weight is 360 g/mol. The number of hydrogen-bond donors (Lipinski definition) is 0. The van der Waals surface area contributed by atoms with Crippen molar-refractivity contribution in [2.75, 3.05) is 6.54 Å². The smallest absolute Gasteiger partial charge is 0.414 e. The van der Waals surface area contributed by atoms with Crippen LogP contribution in [0.1, 0.15) is 24.0 Å². The Balaban J connectivity index is 1.45. The van der Waals surface area contributed by atoms with E-state index in [9.17, 15) is 4.79 Å². The molecular weight excluding hydrogens is 336 g/mol. The van der Waals surface area contributed by atoms with Crippen LogP contribution in [0.25, 0.3) is 10.9 Å². The second kappa shape index (κ2) is 7.70. The van der Waals surface area contributed by atoms with Gasteiger partial charge in [-0.25, -0.2) is 4.79 Å². The lowest BCUT2D eigenvalue weighted by Crippen LogP contribution is -2.30. The first-order chi connectivity index (χ1) is 13.2. The zero-order valence-electron chi connectivity index (χ0n) is 15.6. The van der Waals surface area contributed by atoms with Gasteiger partial charge in [0.15, 0.2) is 0 Å². The van der Waals surface area contributed by atoms with Crippen molar-refractivity contribution in [3.63, 3.8) is 0 Å². The summed E-state index contributed by atoms with van der Waals surface area (Å²) in [6.07, 6.45) is 6.76. The number of fused-ring (bicyclic) bond motifs is 1. The third-order valence-corrected chi connectivity index (χ3v) is 5.07. The molecule has 0 fully saturated rings. The quantitative estimate of drug-likeness (QED) is 0.653. The molecule has 4 heteroatoms. The summed E-state index contributed by atoms with van der Waals surface area (Å²) < 4.78 is 7.65. The second-order valence-corrected chi connectivity index (χ2v) is 7.08. The Kier molecular flexibility index (Phi) is 4.97. The molecular formula is C23H24N2O2. The third kappa shape index (κ3) is 3.90. The molecule has 0 spiro atoms. The van der Waals surface area contributed by atoms with E-state index in [4.69, 9.17) is 4.74 Å². The van der Waals surface area contributed by atoms with Gasteiger partial charge >= 0.3 is 6.09 Å². The SMILES string of the molecule is Cn1cc(CC2=CN(C(=O)OCc3ccccc3)CCC2)c2ccccc21. The van der Waals surface area contributed by atoms with E-state index >= 15 is 0 Å². The summed E-state index contributed by atoms with van der Waals surface area (Å²) in [6.45, 7) is 1.02. The fourth-order valence-corrected chi connectivity index (χ4v) is 3.72. The number of para-hydroxylation sites is 1. The molecule has 0 atom stereocenters. The molecule has 0 bridgehead atoms. The number of aryl methyl sites for hydroxylation is 1. The fraction of sp³-hybridized carbons (Fsp3) is 0.261. The topological polar surface area (TPSA) is 34.5 Å². The van der Waals surface area contributed by atoms with Crippen LogP contribution in [-0.2, 0) is 24.8 Å². The molecule has 1 aliphatic rings. The van der Waals surface area contributed by atoms with Crippen molar-refractivity contribution in [2.45, 2.75) is 25.9 Å². The monoisotopic (exact) mass is 360 g/mol. The fourth-order valence-electron chi connectivity index (χ4n) is 3.72. The van der Waals surface area contributed by atoms with Crippen LogP contribution < -0.4 is 0 Å². The van der Waals surface area contributed by atoms with Gasteiger partial charge in [0.2, 0.25) is 0 Å². The molecule has 138 valence electrons. The second-order valence-electron chi connectivity index (χ2n) is 7.08. The van der Waals surface area contributed by atoms with E-state index in [1.165, 1.54) is 22.0 Å². The maximum Gasteiger partial charge on any atom is 0.414 e. The number of carbonyl (C=O) groups excluding carboxylic acids is 1. The van der Waals surface area contributed by atoms with E-state index < -0.39 is 0 Å². The van der Waals surface area contributed by atoms with Gasteiger partial charge < -0.3 is 9.30 Å². The van der Waals surface area contributed by atoms with E-state index in [1.807, 2.05) is 36.5 Å². The number of aromatic nitrogens is 1. The van der Waals surface area contributed by atoms with Crippen LogP contribution in [0.3, 0.4) is 0 Å². The molecule has 2 aromatic carbocycles. The Morgan fingerprint density at radius 2 is 1.85 bits per heavy atom. The zero-order valence-corrected chi connectivity index (χ0v) is 15.6. The Hall–Kier alpha value is -3.01. The predicted octanol–water partition coefficient (Wildman–Crippen LogP) is 5.04. The van der Waals surface area contributed by atoms with E-state index in [-0.39, 0.29) is 6.09 Å². The molecule has 4 nitrogen and oxygen atoms in total. The molecule has 0 unspecified atom stereocenters. The maximum absolute atomic E-state index is 12.4. The molecule has 0 saturated heterocycles. The number of rotatable bonds is 4. The lowest BCUT2D eigenvalue weighted by Gasteiger charge is -2.24. The van der Waals surface area contributed by atoms with Gasteiger partial charge in [0, 0.05) is 36.9 Å². The minimum atomic E-state index is -0.269. The highest BCUT2D eigenvalue weighted by molar-refractivity contribution is 5.84. The van der Waals surface area contributed by atoms with E-state index in [0.29, 0.717) is 13.2 Å². The summed E-state index contributed by atoms with van der Waals surface area (Å²) in [5.41, 5.74) is 4.82. The Labute approximate surface area is 159 Å². The molecule has 0 saturated carbocycles. The van der Waals surface area contributed by atoms with Gasteiger partial charge in [-0.15, -0.1) is 0 Å². The van der Waals surface area contributed by atoms with Crippen LogP contribution in [0.15, 0.2) is 72.6 Å².